The topological polar surface area (TPSA) is 84.1 Å². The van der Waals surface area contributed by atoms with Gasteiger partial charge in [0.15, 0.2) is 0 Å². The van der Waals surface area contributed by atoms with E-state index in [9.17, 15) is 9.59 Å². The van der Waals surface area contributed by atoms with Crippen molar-refractivity contribution in [2.45, 2.75) is 6.10 Å². The molecule has 1 saturated heterocycles. The molecule has 3 rings (SSSR count). The quantitative estimate of drug-likeness (QED) is 0.808. The first-order valence-corrected chi connectivity index (χ1v) is 6.69. The molecule has 2 aromatic rings. The number of amides is 1. The lowest BCUT2D eigenvalue weighted by molar-refractivity contribution is -0.0447. The number of fused-ring (bicyclic) bond motifs is 1. The van der Waals surface area contributed by atoms with Crippen molar-refractivity contribution in [1.82, 2.24) is 14.3 Å². The number of carbonyl (C=O) groups is 1. The van der Waals surface area contributed by atoms with Gasteiger partial charge in [0.05, 0.1) is 19.3 Å². The minimum atomic E-state index is -0.404. The standard InChI is InChI=1S/C14H15N3O4/c18-9-10-8-16(5-6-21-10)13(19)11-7-15-12-3-1-2-4-17(12)14(11)20/h1-4,7,10,18H,5-6,8-9H2. The van der Waals surface area contributed by atoms with Gasteiger partial charge in [-0.15, -0.1) is 0 Å². The molecule has 1 amide bonds. The van der Waals surface area contributed by atoms with Gasteiger partial charge in [-0.2, -0.15) is 0 Å². The van der Waals surface area contributed by atoms with E-state index >= 15 is 0 Å². The molecule has 1 aliphatic heterocycles. The van der Waals surface area contributed by atoms with Crippen molar-refractivity contribution in [1.29, 1.82) is 0 Å². The van der Waals surface area contributed by atoms with Crippen LogP contribution in [-0.4, -0.2) is 57.7 Å². The Kier molecular flexibility index (Phi) is 3.68. The summed E-state index contributed by atoms with van der Waals surface area (Å²) in [5, 5.41) is 9.12. The Morgan fingerprint density at radius 3 is 3.14 bits per heavy atom. The summed E-state index contributed by atoms with van der Waals surface area (Å²) >= 11 is 0. The lowest BCUT2D eigenvalue weighted by atomic mass is 10.2. The molecule has 1 unspecified atom stereocenters. The van der Waals surface area contributed by atoms with Crippen molar-refractivity contribution in [3.05, 3.63) is 46.5 Å². The summed E-state index contributed by atoms with van der Waals surface area (Å²) in [4.78, 5) is 30.5. The molecule has 1 atom stereocenters. The number of nitrogens with zero attached hydrogens (tertiary/aromatic N) is 3. The maximum Gasteiger partial charge on any atom is 0.270 e. The van der Waals surface area contributed by atoms with Crippen LogP contribution in [0.15, 0.2) is 35.4 Å². The van der Waals surface area contributed by atoms with Crippen molar-refractivity contribution < 1.29 is 14.6 Å². The number of hydrogen-bond donors (Lipinski definition) is 1. The Bertz CT molecular complexity index is 727. The van der Waals surface area contributed by atoms with Crippen LogP contribution in [0, 0.1) is 0 Å². The van der Waals surface area contributed by atoms with Crippen LogP contribution in [0.5, 0.6) is 0 Å². The smallest absolute Gasteiger partial charge is 0.270 e. The Hall–Kier alpha value is -2.25. The third-order valence-corrected chi connectivity index (χ3v) is 3.47. The fourth-order valence-electron chi connectivity index (χ4n) is 2.36. The van der Waals surface area contributed by atoms with Crippen LogP contribution in [0.25, 0.3) is 5.65 Å². The second kappa shape index (κ2) is 5.63. The van der Waals surface area contributed by atoms with Crippen LogP contribution in [0.3, 0.4) is 0 Å². The molecule has 0 spiro atoms. The maximum absolute atomic E-state index is 12.5. The van der Waals surface area contributed by atoms with Gasteiger partial charge < -0.3 is 14.7 Å². The van der Waals surface area contributed by atoms with E-state index in [1.54, 1.807) is 24.4 Å². The molecule has 0 bridgehead atoms. The Morgan fingerprint density at radius 1 is 1.48 bits per heavy atom. The molecule has 2 aromatic heterocycles. The molecule has 21 heavy (non-hydrogen) atoms. The summed E-state index contributed by atoms with van der Waals surface area (Å²) in [6.45, 7) is 0.858. The Morgan fingerprint density at radius 2 is 2.33 bits per heavy atom. The number of hydrogen-bond acceptors (Lipinski definition) is 5. The number of ether oxygens (including phenoxy) is 1. The molecular formula is C14H15N3O4. The summed E-state index contributed by atoms with van der Waals surface area (Å²) in [5.74, 6) is -0.382. The van der Waals surface area contributed by atoms with Gasteiger partial charge in [0.25, 0.3) is 11.5 Å². The van der Waals surface area contributed by atoms with Crippen LogP contribution in [-0.2, 0) is 4.74 Å². The Labute approximate surface area is 120 Å². The van der Waals surface area contributed by atoms with Crippen LogP contribution in [0.1, 0.15) is 10.4 Å². The zero-order chi connectivity index (χ0) is 14.8. The van der Waals surface area contributed by atoms with Gasteiger partial charge >= 0.3 is 0 Å². The molecule has 3 heterocycles. The van der Waals surface area contributed by atoms with Gasteiger partial charge in [-0.05, 0) is 12.1 Å². The second-order valence-electron chi connectivity index (χ2n) is 4.83. The van der Waals surface area contributed by atoms with Crippen LogP contribution in [0.4, 0.5) is 0 Å². The van der Waals surface area contributed by atoms with Crippen molar-refractivity contribution in [3.8, 4) is 0 Å². The van der Waals surface area contributed by atoms with Gasteiger partial charge in [-0.1, -0.05) is 6.07 Å². The van der Waals surface area contributed by atoms with E-state index in [2.05, 4.69) is 4.98 Å². The van der Waals surface area contributed by atoms with Crippen molar-refractivity contribution in [2.24, 2.45) is 0 Å². The van der Waals surface area contributed by atoms with E-state index in [4.69, 9.17) is 9.84 Å². The van der Waals surface area contributed by atoms with E-state index < -0.39 is 11.7 Å². The number of rotatable bonds is 2. The lowest BCUT2D eigenvalue weighted by Crippen LogP contribution is -2.48. The molecule has 7 heteroatoms. The molecule has 7 nitrogen and oxygen atoms in total. The second-order valence-corrected chi connectivity index (χ2v) is 4.83. The molecule has 0 aliphatic carbocycles. The van der Waals surface area contributed by atoms with Crippen molar-refractivity contribution in [2.75, 3.05) is 26.3 Å². The first-order chi connectivity index (χ1) is 10.2. The fourth-order valence-corrected chi connectivity index (χ4v) is 2.36. The summed E-state index contributed by atoms with van der Waals surface area (Å²) in [5.41, 5.74) is 0.129. The maximum atomic E-state index is 12.5. The molecule has 110 valence electrons. The average molecular weight is 289 g/mol. The van der Waals surface area contributed by atoms with Crippen LogP contribution < -0.4 is 5.56 Å². The molecule has 0 saturated carbocycles. The zero-order valence-electron chi connectivity index (χ0n) is 11.3. The van der Waals surface area contributed by atoms with E-state index in [1.807, 2.05) is 0 Å². The number of aliphatic hydroxyl groups excluding tert-OH is 1. The molecule has 0 aromatic carbocycles. The normalized spacial score (nSPS) is 18.9. The number of aromatic nitrogens is 2. The van der Waals surface area contributed by atoms with E-state index in [0.717, 1.165) is 0 Å². The summed E-state index contributed by atoms with van der Waals surface area (Å²) in [6.07, 6.45) is 2.49. The number of aliphatic hydroxyl groups is 1. The van der Waals surface area contributed by atoms with Gasteiger partial charge in [0.1, 0.15) is 11.2 Å². The van der Waals surface area contributed by atoms with Crippen molar-refractivity contribution >= 4 is 11.6 Å². The van der Waals surface area contributed by atoms with Crippen LogP contribution in [0.2, 0.25) is 0 Å². The van der Waals surface area contributed by atoms with E-state index in [-0.39, 0.29) is 24.6 Å². The first-order valence-electron chi connectivity index (χ1n) is 6.69. The summed E-state index contributed by atoms with van der Waals surface area (Å²) < 4.78 is 6.65. The van der Waals surface area contributed by atoms with Crippen LogP contribution >= 0.6 is 0 Å². The lowest BCUT2D eigenvalue weighted by Gasteiger charge is -2.31. The molecular weight excluding hydrogens is 274 g/mol. The Balaban J connectivity index is 1.94. The predicted molar refractivity (Wildman–Crippen MR) is 74.2 cm³/mol. The van der Waals surface area contributed by atoms with E-state index in [0.29, 0.717) is 18.8 Å². The molecule has 1 fully saturated rings. The highest BCUT2D eigenvalue weighted by Gasteiger charge is 2.26. The van der Waals surface area contributed by atoms with Gasteiger partial charge in [-0.25, -0.2) is 4.98 Å². The average Bonchev–Trinajstić information content (AvgIpc) is 2.55. The highest BCUT2D eigenvalue weighted by molar-refractivity contribution is 5.93. The van der Waals surface area contributed by atoms with Gasteiger partial charge in [0, 0.05) is 25.5 Å². The predicted octanol–water partition coefficient (Wildman–Crippen LogP) is -0.472. The minimum Gasteiger partial charge on any atom is -0.394 e. The highest BCUT2D eigenvalue weighted by Crippen LogP contribution is 2.08. The van der Waals surface area contributed by atoms with E-state index in [1.165, 1.54) is 15.5 Å². The number of carbonyl (C=O) groups excluding carboxylic acids is 1. The largest absolute Gasteiger partial charge is 0.394 e. The highest BCUT2D eigenvalue weighted by atomic mass is 16.5. The number of morpholine rings is 1. The zero-order valence-corrected chi connectivity index (χ0v) is 11.3. The molecule has 1 N–H and O–H groups in total. The van der Waals surface area contributed by atoms with Crippen molar-refractivity contribution in [3.63, 3.8) is 0 Å². The molecule has 0 radical (unpaired) electrons. The number of pyridine rings is 1. The monoisotopic (exact) mass is 289 g/mol. The van der Waals surface area contributed by atoms with Gasteiger partial charge in [-0.3, -0.25) is 14.0 Å². The minimum absolute atomic E-state index is 0.0253. The summed E-state index contributed by atoms with van der Waals surface area (Å²) in [7, 11) is 0. The first kappa shape index (κ1) is 13.7. The SMILES string of the molecule is O=C(c1cnc2ccccn2c1=O)N1CCOC(CO)C1. The fraction of sp³-hybridized carbons (Fsp3) is 0.357. The third kappa shape index (κ3) is 2.53. The summed E-state index contributed by atoms with van der Waals surface area (Å²) in [6, 6.07) is 5.18. The third-order valence-electron chi connectivity index (χ3n) is 3.47. The molecule has 1 aliphatic rings. The van der Waals surface area contributed by atoms with Gasteiger partial charge in [0.2, 0.25) is 0 Å².